The van der Waals surface area contributed by atoms with Crippen LogP contribution in [0.2, 0.25) is 0 Å². The number of nitrogens with one attached hydrogen (secondary N) is 2. The van der Waals surface area contributed by atoms with Gasteiger partial charge in [-0.1, -0.05) is 48.5 Å². The summed E-state index contributed by atoms with van der Waals surface area (Å²) in [6.45, 7) is 6.51. The molecule has 0 saturated heterocycles. The minimum Gasteiger partial charge on any atom is -0.366 e. The molecule has 0 bridgehead atoms. The second kappa shape index (κ2) is 6.92. The largest absolute Gasteiger partial charge is 0.366 e. The minimum atomic E-state index is 0.129. The summed E-state index contributed by atoms with van der Waals surface area (Å²) in [5, 5.41) is 7.67. The van der Waals surface area contributed by atoms with Gasteiger partial charge in [0.2, 0.25) is 5.95 Å². The maximum Gasteiger partial charge on any atom is 0.225 e. The first kappa shape index (κ1) is 15.0. The smallest absolute Gasteiger partial charge is 0.225 e. The molecule has 1 heterocycles. The van der Waals surface area contributed by atoms with Crippen LogP contribution in [0.3, 0.4) is 0 Å². The Balaban J connectivity index is 1.92. The summed E-state index contributed by atoms with van der Waals surface area (Å²) in [6.07, 6.45) is 1.82. The fourth-order valence-electron chi connectivity index (χ4n) is 2.46. The molecular formula is C19H20N4. The van der Waals surface area contributed by atoms with Crippen molar-refractivity contribution >= 4 is 22.7 Å². The van der Waals surface area contributed by atoms with Gasteiger partial charge in [-0.3, -0.25) is 0 Å². The van der Waals surface area contributed by atoms with Crippen molar-refractivity contribution in [2.45, 2.75) is 13.0 Å². The zero-order valence-corrected chi connectivity index (χ0v) is 13.2. The quantitative estimate of drug-likeness (QED) is 0.663. The van der Waals surface area contributed by atoms with Gasteiger partial charge in [-0.2, -0.15) is 4.98 Å². The molecule has 0 aliphatic rings. The van der Waals surface area contributed by atoms with Gasteiger partial charge in [0.15, 0.2) is 0 Å². The fraction of sp³-hybridized carbons (Fsp3) is 0.158. The van der Waals surface area contributed by atoms with Crippen LogP contribution in [0, 0.1) is 0 Å². The summed E-state index contributed by atoms with van der Waals surface area (Å²) >= 11 is 0. The highest BCUT2D eigenvalue weighted by atomic mass is 15.2. The number of nitrogens with zero attached hydrogens (tertiary/aromatic N) is 2. The van der Waals surface area contributed by atoms with Gasteiger partial charge in [-0.25, -0.2) is 4.98 Å². The highest BCUT2D eigenvalue weighted by Gasteiger charge is 2.10. The molecule has 2 aromatic carbocycles. The molecule has 3 rings (SSSR count). The van der Waals surface area contributed by atoms with Crippen LogP contribution < -0.4 is 10.6 Å². The maximum absolute atomic E-state index is 4.62. The molecule has 4 nitrogen and oxygen atoms in total. The number of anilines is 2. The predicted molar refractivity (Wildman–Crippen MR) is 96.7 cm³/mol. The molecule has 23 heavy (non-hydrogen) atoms. The van der Waals surface area contributed by atoms with Crippen molar-refractivity contribution in [3.05, 3.63) is 72.8 Å². The Bertz CT molecular complexity index is 799. The van der Waals surface area contributed by atoms with Crippen LogP contribution in [0.1, 0.15) is 18.5 Å². The highest BCUT2D eigenvalue weighted by Crippen LogP contribution is 2.24. The number of aromatic nitrogens is 2. The molecule has 0 spiro atoms. The molecule has 1 aromatic heterocycles. The van der Waals surface area contributed by atoms with Crippen molar-refractivity contribution in [3.63, 3.8) is 0 Å². The Morgan fingerprint density at radius 3 is 2.57 bits per heavy atom. The topological polar surface area (TPSA) is 49.8 Å². The van der Waals surface area contributed by atoms with E-state index in [1.54, 1.807) is 0 Å². The number of hydrogen-bond donors (Lipinski definition) is 2. The molecule has 116 valence electrons. The van der Waals surface area contributed by atoms with E-state index < -0.39 is 0 Å². The SMILES string of the molecule is C=CCNc1nc(NC(C)c2ccccc2)nc2ccccc12. The number of fused-ring (bicyclic) bond motifs is 1. The van der Waals surface area contributed by atoms with E-state index in [0.717, 1.165) is 16.7 Å². The molecule has 0 radical (unpaired) electrons. The van der Waals surface area contributed by atoms with Crippen molar-refractivity contribution in [2.75, 3.05) is 17.2 Å². The van der Waals surface area contributed by atoms with Crippen molar-refractivity contribution in [1.82, 2.24) is 9.97 Å². The van der Waals surface area contributed by atoms with E-state index in [1.807, 2.05) is 48.5 Å². The molecule has 0 aliphatic heterocycles. The number of benzene rings is 2. The summed E-state index contributed by atoms with van der Waals surface area (Å²) in [6, 6.07) is 18.4. The van der Waals surface area contributed by atoms with Crippen LogP contribution in [0.5, 0.6) is 0 Å². The van der Waals surface area contributed by atoms with Crippen LogP contribution in [-0.2, 0) is 0 Å². The molecule has 3 aromatic rings. The third-order valence-electron chi connectivity index (χ3n) is 3.66. The third kappa shape index (κ3) is 3.48. The Labute approximate surface area is 136 Å². The van der Waals surface area contributed by atoms with Gasteiger partial charge in [-0.15, -0.1) is 6.58 Å². The van der Waals surface area contributed by atoms with Crippen LogP contribution in [0.15, 0.2) is 67.3 Å². The van der Waals surface area contributed by atoms with E-state index in [4.69, 9.17) is 0 Å². The third-order valence-corrected chi connectivity index (χ3v) is 3.66. The molecule has 1 atom stereocenters. The molecule has 0 amide bonds. The summed E-state index contributed by atoms with van der Waals surface area (Å²) in [4.78, 5) is 9.24. The van der Waals surface area contributed by atoms with Crippen LogP contribution >= 0.6 is 0 Å². The van der Waals surface area contributed by atoms with Gasteiger partial charge in [0.1, 0.15) is 5.82 Å². The Hall–Kier alpha value is -2.88. The second-order valence-electron chi connectivity index (χ2n) is 5.36. The average molecular weight is 304 g/mol. The first-order valence-corrected chi connectivity index (χ1v) is 7.71. The molecule has 0 saturated carbocycles. The predicted octanol–water partition coefficient (Wildman–Crippen LogP) is 4.40. The van der Waals surface area contributed by atoms with Gasteiger partial charge in [0.05, 0.1) is 11.6 Å². The lowest BCUT2D eigenvalue weighted by Crippen LogP contribution is -2.11. The number of rotatable bonds is 6. The van der Waals surface area contributed by atoms with Crippen molar-refractivity contribution < 1.29 is 0 Å². The zero-order valence-electron chi connectivity index (χ0n) is 13.2. The van der Waals surface area contributed by atoms with Crippen molar-refractivity contribution in [3.8, 4) is 0 Å². The van der Waals surface area contributed by atoms with Gasteiger partial charge in [0.25, 0.3) is 0 Å². The van der Waals surface area contributed by atoms with Crippen molar-refractivity contribution in [2.24, 2.45) is 0 Å². The average Bonchev–Trinajstić information content (AvgIpc) is 2.60. The van der Waals surface area contributed by atoms with E-state index in [-0.39, 0.29) is 6.04 Å². The van der Waals surface area contributed by atoms with Crippen LogP contribution in [0.4, 0.5) is 11.8 Å². The van der Waals surface area contributed by atoms with Crippen molar-refractivity contribution in [1.29, 1.82) is 0 Å². The summed E-state index contributed by atoms with van der Waals surface area (Å²) in [5.41, 5.74) is 2.11. The number of hydrogen-bond acceptors (Lipinski definition) is 4. The zero-order chi connectivity index (χ0) is 16.1. The van der Waals surface area contributed by atoms with E-state index in [2.05, 4.69) is 46.2 Å². The standard InChI is InChI=1S/C19H20N4/c1-3-13-20-18-16-11-7-8-12-17(16)22-19(23-18)21-14(2)15-9-5-4-6-10-15/h3-12,14H,1,13H2,2H3,(H2,20,21,22,23). The minimum absolute atomic E-state index is 0.129. The van der Waals surface area contributed by atoms with E-state index in [9.17, 15) is 0 Å². The highest BCUT2D eigenvalue weighted by molar-refractivity contribution is 5.90. The molecule has 1 unspecified atom stereocenters. The maximum atomic E-state index is 4.62. The van der Waals surface area contributed by atoms with E-state index >= 15 is 0 Å². The molecule has 2 N–H and O–H groups in total. The summed E-state index contributed by atoms with van der Waals surface area (Å²) < 4.78 is 0. The lowest BCUT2D eigenvalue weighted by atomic mass is 10.1. The van der Waals surface area contributed by atoms with Gasteiger partial charge >= 0.3 is 0 Å². The van der Waals surface area contributed by atoms with Crippen LogP contribution in [-0.4, -0.2) is 16.5 Å². The fourth-order valence-corrected chi connectivity index (χ4v) is 2.46. The van der Waals surface area contributed by atoms with Gasteiger partial charge < -0.3 is 10.6 Å². The normalized spacial score (nSPS) is 11.9. The monoisotopic (exact) mass is 304 g/mol. The van der Waals surface area contributed by atoms with E-state index in [1.165, 1.54) is 5.56 Å². The Kier molecular flexibility index (Phi) is 4.52. The van der Waals surface area contributed by atoms with Crippen LogP contribution in [0.25, 0.3) is 10.9 Å². The summed E-state index contributed by atoms with van der Waals surface area (Å²) in [7, 11) is 0. The Morgan fingerprint density at radius 1 is 1.04 bits per heavy atom. The molecular weight excluding hydrogens is 284 g/mol. The lowest BCUT2D eigenvalue weighted by molar-refractivity contribution is 0.864. The molecule has 0 aliphatic carbocycles. The first-order valence-electron chi connectivity index (χ1n) is 7.71. The molecule has 0 fully saturated rings. The van der Waals surface area contributed by atoms with Gasteiger partial charge in [0, 0.05) is 11.9 Å². The first-order chi connectivity index (χ1) is 11.3. The van der Waals surface area contributed by atoms with E-state index in [0.29, 0.717) is 12.5 Å². The second-order valence-corrected chi connectivity index (χ2v) is 5.36. The van der Waals surface area contributed by atoms with Gasteiger partial charge in [-0.05, 0) is 24.6 Å². The molecule has 4 heteroatoms. The number of para-hydroxylation sites is 1. The Morgan fingerprint density at radius 2 is 1.78 bits per heavy atom. The lowest BCUT2D eigenvalue weighted by Gasteiger charge is -2.16. The summed E-state index contributed by atoms with van der Waals surface area (Å²) in [5.74, 6) is 1.44.